The minimum atomic E-state index is -3.81. The van der Waals surface area contributed by atoms with E-state index in [9.17, 15) is 13.2 Å². The molecule has 0 unspecified atom stereocenters. The fraction of sp³-hybridized carbons (Fsp3) is 0.316. The number of amides is 1. The molecule has 0 aromatic heterocycles. The molecule has 0 atom stereocenters. The van der Waals surface area contributed by atoms with Crippen LogP contribution in [0.2, 0.25) is 5.02 Å². The van der Waals surface area contributed by atoms with Crippen LogP contribution in [0.25, 0.3) is 11.1 Å². The molecule has 5 nitrogen and oxygen atoms in total. The van der Waals surface area contributed by atoms with Gasteiger partial charge in [0.25, 0.3) is 10.0 Å². The predicted octanol–water partition coefficient (Wildman–Crippen LogP) is 3.82. The minimum absolute atomic E-state index is 0.188. The molecule has 7 heteroatoms. The highest BCUT2D eigenvalue weighted by Crippen LogP contribution is 2.43. The third kappa shape index (κ3) is 3.57. The summed E-state index contributed by atoms with van der Waals surface area (Å²) in [4.78, 5) is 12.5. The van der Waals surface area contributed by atoms with E-state index in [0.29, 0.717) is 28.4 Å². The van der Waals surface area contributed by atoms with Gasteiger partial charge in [-0.05, 0) is 30.7 Å². The maximum Gasteiger partial charge on any atom is 0.265 e. The summed E-state index contributed by atoms with van der Waals surface area (Å²) in [5.41, 5.74) is 1.78. The second-order valence-corrected chi connectivity index (χ2v) is 8.49. The summed E-state index contributed by atoms with van der Waals surface area (Å²) in [6, 6.07) is 11.8. The van der Waals surface area contributed by atoms with Gasteiger partial charge in [0, 0.05) is 22.7 Å². The molecule has 0 bridgehead atoms. The number of benzene rings is 2. The molecule has 1 aliphatic heterocycles. The molecule has 2 aromatic rings. The molecule has 1 N–H and O–H groups in total. The lowest BCUT2D eigenvalue weighted by molar-refractivity contribution is -0.119. The van der Waals surface area contributed by atoms with Gasteiger partial charge in [-0.15, -0.1) is 0 Å². The van der Waals surface area contributed by atoms with Crippen molar-refractivity contribution in [1.82, 2.24) is 5.32 Å². The monoisotopic (exact) mass is 392 g/mol. The highest BCUT2D eigenvalue weighted by molar-refractivity contribution is 7.93. The molecule has 0 aliphatic carbocycles. The van der Waals surface area contributed by atoms with Crippen LogP contribution in [-0.4, -0.2) is 27.4 Å². The van der Waals surface area contributed by atoms with E-state index in [-0.39, 0.29) is 17.3 Å². The van der Waals surface area contributed by atoms with Gasteiger partial charge in [-0.1, -0.05) is 49.6 Å². The van der Waals surface area contributed by atoms with Crippen LogP contribution in [0.1, 0.15) is 26.2 Å². The first kappa shape index (κ1) is 18.7. The van der Waals surface area contributed by atoms with E-state index in [1.54, 1.807) is 42.5 Å². The van der Waals surface area contributed by atoms with Gasteiger partial charge in [0.1, 0.15) is 6.54 Å². The number of halogens is 1. The maximum atomic E-state index is 13.1. The molecule has 0 radical (unpaired) electrons. The van der Waals surface area contributed by atoms with Gasteiger partial charge in [-0.3, -0.25) is 9.10 Å². The summed E-state index contributed by atoms with van der Waals surface area (Å²) < 4.78 is 27.3. The molecule has 1 amide bonds. The van der Waals surface area contributed by atoms with Gasteiger partial charge >= 0.3 is 0 Å². The van der Waals surface area contributed by atoms with Crippen molar-refractivity contribution in [3.8, 4) is 11.1 Å². The fourth-order valence-corrected chi connectivity index (χ4v) is 4.88. The first-order chi connectivity index (χ1) is 12.4. The Bertz CT molecular complexity index is 928. The number of sulfonamides is 1. The van der Waals surface area contributed by atoms with Gasteiger partial charge in [0.05, 0.1) is 10.6 Å². The molecule has 3 rings (SSSR count). The molecule has 2 aromatic carbocycles. The van der Waals surface area contributed by atoms with Crippen molar-refractivity contribution in [2.45, 2.75) is 31.1 Å². The Balaban J connectivity index is 1.95. The van der Waals surface area contributed by atoms with Gasteiger partial charge in [0.15, 0.2) is 0 Å². The molecule has 0 saturated heterocycles. The number of carbonyl (C=O) groups excluding carboxylic acids is 1. The summed E-state index contributed by atoms with van der Waals surface area (Å²) in [6.45, 7) is 2.38. The van der Waals surface area contributed by atoms with Crippen LogP contribution >= 0.6 is 11.6 Å². The Morgan fingerprint density at radius 3 is 2.65 bits per heavy atom. The second-order valence-electron chi connectivity index (χ2n) is 6.23. The molecule has 1 heterocycles. The van der Waals surface area contributed by atoms with Crippen molar-refractivity contribution < 1.29 is 13.2 Å². The Morgan fingerprint density at radius 2 is 1.88 bits per heavy atom. The van der Waals surface area contributed by atoms with Crippen LogP contribution in [0.4, 0.5) is 5.69 Å². The number of nitrogens with one attached hydrogen (secondary N) is 1. The Hall–Kier alpha value is -2.05. The standard InChI is InChI=1S/C19H21ClN2O3S/c1-2-3-6-11-21-19(23)13-22-17-10-9-14(20)12-16(17)15-7-4-5-8-18(15)26(22,24)25/h4-5,7-10,12H,2-3,6,11,13H2,1H3,(H,21,23). The van der Waals surface area contributed by atoms with Crippen LogP contribution < -0.4 is 9.62 Å². The highest BCUT2D eigenvalue weighted by Gasteiger charge is 2.35. The predicted molar refractivity (Wildman–Crippen MR) is 104 cm³/mol. The average Bonchev–Trinajstić information content (AvgIpc) is 2.63. The van der Waals surface area contributed by atoms with Crippen LogP contribution in [-0.2, 0) is 14.8 Å². The topological polar surface area (TPSA) is 66.5 Å². The van der Waals surface area contributed by atoms with Crippen molar-refractivity contribution in [2.75, 3.05) is 17.4 Å². The van der Waals surface area contributed by atoms with Gasteiger partial charge in [-0.2, -0.15) is 0 Å². The Labute approximate surface area is 159 Å². The van der Waals surface area contributed by atoms with Crippen LogP contribution in [0.5, 0.6) is 0 Å². The van der Waals surface area contributed by atoms with E-state index in [2.05, 4.69) is 12.2 Å². The van der Waals surface area contributed by atoms with Crippen molar-refractivity contribution in [1.29, 1.82) is 0 Å². The smallest absolute Gasteiger partial charge is 0.265 e. The summed E-state index contributed by atoms with van der Waals surface area (Å²) in [7, 11) is -3.81. The first-order valence-electron chi connectivity index (χ1n) is 8.63. The van der Waals surface area contributed by atoms with Crippen molar-refractivity contribution in [3.63, 3.8) is 0 Å². The summed E-state index contributed by atoms with van der Waals surface area (Å²) in [6.07, 6.45) is 2.96. The maximum absolute atomic E-state index is 13.1. The molecular weight excluding hydrogens is 372 g/mol. The van der Waals surface area contributed by atoms with Crippen LogP contribution in [0, 0.1) is 0 Å². The number of unbranched alkanes of at least 4 members (excludes halogenated alkanes) is 2. The van der Waals surface area contributed by atoms with E-state index in [0.717, 1.165) is 23.6 Å². The molecule has 1 aliphatic rings. The number of anilines is 1. The molecule has 138 valence electrons. The number of rotatable bonds is 6. The average molecular weight is 393 g/mol. The summed E-state index contributed by atoms with van der Waals surface area (Å²) in [5.74, 6) is -0.315. The number of fused-ring (bicyclic) bond motifs is 3. The molecule has 0 fully saturated rings. The van der Waals surface area contributed by atoms with Gasteiger partial charge in [0.2, 0.25) is 5.91 Å². The number of hydrogen-bond donors (Lipinski definition) is 1. The van der Waals surface area contributed by atoms with E-state index in [4.69, 9.17) is 11.6 Å². The van der Waals surface area contributed by atoms with Crippen LogP contribution in [0.15, 0.2) is 47.4 Å². The SMILES string of the molecule is CCCCCNC(=O)CN1c2ccc(Cl)cc2-c2ccccc2S1(=O)=O. The first-order valence-corrected chi connectivity index (χ1v) is 10.5. The van der Waals surface area contributed by atoms with Crippen molar-refractivity contribution >= 4 is 33.2 Å². The summed E-state index contributed by atoms with van der Waals surface area (Å²) >= 11 is 6.12. The largest absolute Gasteiger partial charge is 0.355 e. The van der Waals surface area contributed by atoms with Crippen molar-refractivity contribution in [2.24, 2.45) is 0 Å². The molecular formula is C19H21ClN2O3S. The fourth-order valence-electron chi connectivity index (χ4n) is 3.06. The van der Waals surface area contributed by atoms with Gasteiger partial charge in [-0.25, -0.2) is 8.42 Å². The number of nitrogens with zero attached hydrogens (tertiary/aromatic N) is 1. The lowest BCUT2D eigenvalue weighted by atomic mass is 10.0. The second kappa shape index (κ2) is 7.68. The zero-order valence-corrected chi connectivity index (χ0v) is 16.1. The molecule has 0 saturated carbocycles. The van der Waals surface area contributed by atoms with E-state index in [1.807, 2.05) is 0 Å². The summed E-state index contributed by atoms with van der Waals surface area (Å²) in [5, 5.41) is 3.31. The lowest BCUT2D eigenvalue weighted by Gasteiger charge is -2.31. The van der Waals surface area contributed by atoms with E-state index < -0.39 is 10.0 Å². The van der Waals surface area contributed by atoms with E-state index >= 15 is 0 Å². The Morgan fingerprint density at radius 1 is 1.12 bits per heavy atom. The quantitative estimate of drug-likeness (QED) is 0.760. The lowest BCUT2D eigenvalue weighted by Crippen LogP contribution is -2.42. The van der Waals surface area contributed by atoms with Crippen molar-refractivity contribution in [3.05, 3.63) is 47.5 Å². The van der Waals surface area contributed by atoms with E-state index in [1.165, 1.54) is 0 Å². The van der Waals surface area contributed by atoms with Gasteiger partial charge < -0.3 is 5.32 Å². The molecule has 0 spiro atoms. The molecule has 26 heavy (non-hydrogen) atoms. The third-order valence-corrected chi connectivity index (χ3v) is 6.42. The minimum Gasteiger partial charge on any atom is -0.355 e. The highest BCUT2D eigenvalue weighted by atomic mass is 35.5. The number of carbonyl (C=O) groups is 1. The Kier molecular flexibility index (Phi) is 5.53. The number of hydrogen-bond acceptors (Lipinski definition) is 3. The third-order valence-electron chi connectivity index (χ3n) is 4.36. The zero-order chi connectivity index (χ0) is 18.7. The normalized spacial score (nSPS) is 14.5. The van der Waals surface area contributed by atoms with Crippen LogP contribution in [0.3, 0.4) is 0 Å². The zero-order valence-electron chi connectivity index (χ0n) is 14.5.